The molecule has 27 heavy (non-hydrogen) atoms. The van der Waals surface area contributed by atoms with E-state index in [-0.39, 0.29) is 17.6 Å². The van der Waals surface area contributed by atoms with Gasteiger partial charge in [-0.3, -0.25) is 9.78 Å². The molecule has 6 nitrogen and oxygen atoms in total. The largest absolute Gasteiger partial charge is 0.459 e. The van der Waals surface area contributed by atoms with Gasteiger partial charge in [-0.2, -0.15) is 0 Å². The summed E-state index contributed by atoms with van der Waals surface area (Å²) < 4.78 is 11.8. The van der Waals surface area contributed by atoms with Gasteiger partial charge in [-0.05, 0) is 44.9 Å². The van der Waals surface area contributed by atoms with E-state index in [1.165, 1.54) is 5.69 Å². The lowest BCUT2D eigenvalue weighted by atomic mass is 9.73. The van der Waals surface area contributed by atoms with E-state index in [1.807, 2.05) is 26.1 Å². The van der Waals surface area contributed by atoms with E-state index in [0.29, 0.717) is 24.1 Å². The first kappa shape index (κ1) is 16.8. The smallest absolute Gasteiger partial charge is 0.287 e. The molecule has 3 saturated heterocycles. The Bertz CT molecular complexity index is 879. The number of amides is 1. The van der Waals surface area contributed by atoms with Crippen LogP contribution in [0.1, 0.15) is 34.7 Å². The molecule has 142 valence electrons. The lowest BCUT2D eigenvalue weighted by Gasteiger charge is -2.29. The van der Waals surface area contributed by atoms with Crippen LogP contribution < -0.4 is 10.2 Å². The summed E-state index contributed by atoms with van der Waals surface area (Å²) in [6.45, 7) is 6.45. The predicted octanol–water partition coefficient (Wildman–Crippen LogP) is 2.71. The molecule has 0 aliphatic carbocycles. The summed E-state index contributed by atoms with van der Waals surface area (Å²) in [5.74, 6) is 1.08. The molecule has 2 aromatic rings. The standard InChI is InChI=1S/C21H25N3O3/c1-13-5-8-26-19(13)20(25)23-10-16-17-11-24(15-4-7-22-14(2)9-15)12-21(17)6-3-18(16)27-21/h4-5,7-9,16-18H,3,6,10-12H2,1-2H3,(H,23,25)/t16-,17+,18+,21+/m0/s1. The van der Waals surface area contributed by atoms with Gasteiger partial charge in [0.1, 0.15) is 0 Å². The van der Waals surface area contributed by atoms with Crippen molar-refractivity contribution in [2.45, 2.75) is 38.4 Å². The summed E-state index contributed by atoms with van der Waals surface area (Å²) in [5, 5.41) is 3.08. The molecule has 1 spiro atoms. The number of ether oxygens (including phenoxy) is 1. The Labute approximate surface area is 158 Å². The molecule has 0 unspecified atom stereocenters. The number of pyridine rings is 1. The van der Waals surface area contributed by atoms with Crippen molar-refractivity contribution < 1.29 is 13.9 Å². The second-order valence-electron chi connectivity index (χ2n) is 8.21. The molecule has 5 rings (SSSR count). The molecule has 3 fully saturated rings. The van der Waals surface area contributed by atoms with Crippen molar-refractivity contribution in [2.75, 3.05) is 24.5 Å². The second kappa shape index (κ2) is 6.09. The number of nitrogens with zero attached hydrogens (tertiary/aromatic N) is 2. The monoisotopic (exact) mass is 367 g/mol. The molecule has 0 radical (unpaired) electrons. The van der Waals surface area contributed by atoms with Crippen LogP contribution in [0.3, 0.4) is 0 Å². The number of nitrogens with one attached hydrogen (secondary N) is 1. The van der Waals surface area contributed by atoms with Crippen molar-refractivity contribution in [3.05, 3.63) is 47.7 Å². The highest BCUT2D eigenvalue weighted by molar-refractivity contribution is 5.92. The first-order chi connectivity index (χ1) is 13.1. The minimum atomic E-state index is -0.131. The quantitative estimate of drug-likeness (QED) is 0.900. The zero-order valence-corrected chi connectivity index (χ0v) is 15.8. The molecule has 5 heterocycles. The van der Waals surface area contributed by atoms with Gasteiger partial charge in [0.25, 0.3) is 5.91 Å². The van der Waals surface area contributed by atoms with Crippen LogP contribution >= 0.6 is 0 Å². The lowest BCUT2D eigenvalue weighted by molar-refractivity contribution is 0.0141. The average Bonchev–Trinajstić information content (AvgIpc) is 3.39. The number of carbonyl (C=O) groups is 1. The third-order valence-corrected chi connectivity index (χ3v) is 6.60. The van der Waals surface area contributed by atoms with Crippen molar-refractivity contribution in [1.82, 2.24) is 10.3 Å². The summed E-state index contributed by atoms with van der Waals surface area (Å²) in [6.07, 6.45) is 5.89. The maximum Gasteiger partial charge on any atom is 0.287 e. The number of carbonyl (C=O) groups excluding carboxylic acids is 1. The minimum absolute atomic E-state index is 0.0577. The van der Waals surface area contributed by atoms with Crippen molar-refractivity contribution in [1.29, 1.82) is 0 Å². The number of fused-ring (bicyclic) bond motifs is 1. The fourth-order valence-corrected chi connectivity index (χ4v) is 5.28. The molecular weight excluding hydrogens is 342 g/mol. The Morgan fingerprint density at radius 2 is 2.30 bits per heavy atom. The number of hydrogen-bond donors (Lipinski definition) is 1. The zero-order valence-electron chi connectivity index (χ0n) is 15.8. The summed E-state index contributed by atoms with van der Waals surface area (Å²) in [4.78, 5) is 19.2. The van der Waals surface area contributed by atoms with E-state index in [9.17, 15) is 4.79 Å². The van der Waals surface area contributed by atoms with Crippen molar-refractivity contribution in [2.24, 2.45) is 11.8 Å². The summed E-state index contributed by atoms with van der Waals surface area (Å²) >= 11 is 0. The van der Waals surface area contributed by atoms with Crippen LogP contribution in [0, 0.1) is 25.7 Å². The van der Waals surface area contributed by atoms with Crippen LogP contribution in [0.4, 0.5) is 5.69 Å². The molecule has 3 aliphatic rings. The van der Waals surface area contributed by atoms with E-state index in [2.05, 4.69) is 27.3 Å². The number of aryl methyl sites for hydroxylation is 2. The highest BCUT2D eigenvalue weighted by Gasteiger charge is 2.62. The van der Waals surface area contributed by atoms with Crippen molar-refractivity contribution >= 4 is 11.6 Å². The summed E-state index contributed by atoms with van der Waals surface area (Å²) in [7, 11) is 0. The van der Waals surface area contributed by atoms with Crippen LogP contribution in [-0.4, -0.2) is 42.2 Å². The first-order valence-electron chi connectivity index (χ1n) is 9.73. The lowest BCUT2D eigenvalue weighted by Crippen LogP contribution is -2.41. The van der Waals surface area contributed by atoms with Gasteiger partial charge >= 0.3 is 0 Å². The van der Waals surface area contributed by atoms with Crippen LogP contribution in [0.25, 0.3) is 0 Å². The van der Waals surface area contributed by atoms with Crippen molar-refractivity contribution in [3.63, 3.8) is 0 Å². The van der Waals surface area contributed by atoms with E-state index in [1.54, 1.807) is 6.26 Å². The van der Waals surface area contributed by atoms with Crippen LogP contribution in [0.2, 0.25) is 0 Å². The van der Waals surface area contributed by atoms with Gasteiger partial charge in [0.2, 0.25) is 0 Å². The van der Waals surface area contributed by atoms with Gasteiger partial charge in [-0.1, -0.05) is 0 Å². The van der Waals surface area contributed by atoms with E-state index in [4.69, 9.17) is 9.15 Å². The number of rotatable bonds is 4. The van der Waals surface area contributed by atoms with Gasteiger partial charge in [-0.25, -0.2) is 0 Å². The maximum absolute atomic E-state index is 12.4. The molecule has 1 amide bonds. The predicted molar refractivity (Wildman–Crippen MR) is 101 cm³/mol. The molecule has 6 heteroatoms. The van der Waals surface area contributed by atoms with Gasteiger partial charge in [0.15, 0.2) is 5.76 Å². The first-order valence-corrected chi connectivity index (χ1v) is 9.73. The molecule has 2 aromatic heterocycles. The van der Waals surface area contributed by atoms with Crippen molar-refractivity contribution in [3.8, 4) is 0 Å². The fourth-order valence-electron chi connectivity index (χ4n) is 5.28. The Morgan fingerprint density at radius 3 is 3.07 bits per heavy atom. The van der Waals surface area contributed by atoms with Crippen LogP contribution in [0.15, 0.2) is 35.1 Å². The summed E-state index contributed by atoms with van der Waals surface area (Å²) in [5.41, 5.74) is 3.06. The third kappa shape index (κ3) is 2.65. The Kier molecular flexibility index (Phi) is 3.79. The van der Waals surface area contributed by atoms with E-state index < -0.39 is 0 Å². The maximum atomic E-state index is 12.4. The number of anilines is 1. The van der Waals surface area contributed by atoms with Crippen LogP contribution in [0.5, 0.6) is 0 Å². The average molecular weight is 367 g/mol. The molecular formula is C21H25N3O3. The van der Waals surface area contributed by atoms with E-state index >= 15 is 0 Å². The fraction of sp³-hybridized carbons (Fsp3) is 0.524. The normalized spacial score (nSPS) is 31.3. The molecule has 0 aromatic carbocycles. The SMILES string of the molecule is Cc1cc(N2C[C@@H]3[C@H](CNC(=O)c4occc4C)[C@H]4CC[C@]3(C2)O4)ccn1. The highest BCUT2D eigenvalue weighted by Crippen LogP contribution is 2.55. The highest BCUT2D eigenvalue weighted by atomic mass is 16.5. The number of hydrogen-bond acceptors (Lipinski definition) is 5. The molecule has 3 aliphatic heterocycles. The topological polar surface area (TPSA) is 67.6 Å². The Balaban J connectivity index is 1.31. The minimum Gasteiger partial charge on any atom is -0.459 e. The zero-order chi connectivity index (χ0) is 18.6. The third-order valence-electron chi connectivity index (χ3n) is 6.60. The molecule has 1 N–H and O–H groups in total. The molecule has 0 saturated carbocycles. The second-order valence-corrected chi connectivity index (χ2v) is 8.21. The number of furan rings is 1. The molecule has 2 bridgehead atoms. The Morgan fingerprint density at radius 1 is 1.41 bits per heavy atom. The van der Waals surface area contributed by atoms with E-state index in [0.717, 1.165) is 37.2 Å². The van der Waals surface area contributed by atoms with Gasteiger partial charge < -0.3 is 19.4 Å². The number of aromatic nitrogens is 1. The van der Waals surface area contributed by atoms with Crippen LogP contribution in [-0.2, 0) is 4.74 Å². The van der Waals surface area contributed by atoms with Gasteiger partial charge in [-0.15, -0.1) is 0 Å². The summed E-state index contributed by atoms with van der Waals surface area (Å²) in [6, 6.07) is 6.03. The van der Waals surface area contributed by atoms with Gasteiger partial charge in [0.05, 0.1) is 18.0 Å². The Hall–Kier alpha value is -2.34. The van der Waals surface area contributed by atoms with Gasteiger partial charge in [0, 0.05) is 54.6 Å². The molecule has 4 atom stereocenters.